The maximum atomic E-state index is 13.3. The number of benzene rings is 4. The Morgan fingerprint density at radius 2 is 0.722 bits per heavy atom. The average molecular weight is 1090 g/mol. The van der Waals surface area contributed by atoms with Crippen LogP contribution in [0, 0.1) is 5.92 Å². The first-order valence-electron chi connectivity index (χ1n) is 29.9. The molecule has 434 valence electrons. The molecule has 1 atom stereocenters. The molecule has 0 saturated carbocycles. The summed E-state index contributed by atoms with van der Waals surface area (Å²) in [5.41, 5.74) is 3.11. The number of unbranched alkanes of at least 4 members (excludes halogenated alkanes) is 15. The maximum absolute atomic E-state index is 13.3. The summed E-state index contributed by atoms with van der Waals surface area (Å²) in [5, 5.41) is 0. The SMILES string of the molecule is CCCCCCOc1ccc(/C=C/C(=O)Oc2ccc(-c3ccc(OC(=O)/C=C/c4ccc(OCCOC(=O)C(C)CC)c(OCCCCCC)c4OCCCCCC)cc3)cc2)c(OCCCCCC)c1OCCCCCC. The van der Waals surface area contributed by atoms with Crippen molar-refractivity contribution in [3.05, 3.63) is 96.1 Å². The number of carbonyl (C=O) groups excluding carboxylic acids is 3. The van der Waals surface area contributed by atoms with Gasteiger partial charge >= 0.3 is 17.9 Å². The molecule has 0 aliphatic carbocycles. The van der Waals surface area contributed by atoms with Gasteiger partial charge in [-0.05, 0) is 110 Å². The molecular weight excluding hydrogens is 997 g/mol. The van der Waals surface area contributed by atoms with Gasteiger partial charge in [0, 0.05) is 23.3 Å². The second-order valence-electron chi connectivity index (χ2n) is 20.1. The third-order valence-corrected chi connectivity index (χ3v) is 13.3. The standard InChI is InChI=1S/C67H94O12/c1-8-14-19-24-45-71-59-41-33-55(63(73-46-25-20-15-9-2)65(59)75-48-27-22-17-11-4)35-43-61(68)78-57-37-29-53(30-38-57)54-31-39-58(40-32-54)79-62(69)44-36-56-34-42-60(72-50-51-77-67(70)52(7)13-6)66(76-49-28-23-18-12-5)64(56)74-47-26-21-16-10-3/h29-44,52H,8-28,45-51H2,1-7H3/b43-35+,44-36+. The van der Waals surface area contributed by atoms with Gasteiger partial charge in [-0.3, -0.25) is 4.79 Å². The molecule has 0 fully saturated rings. The van der Waals surface area contributed by atoms with E-state index in [2.05, 4.69) is 34.6 Å². The minimum Gasteiger partial charge on any atom is -0.490 e. The Hall–Kier alpha value is -6.43. The van der Waals surface area contributed by atoms with E-state index in [0.29, 0.717) is 96.6 Å². The van der Waals surface area contributed by atoms with Crippen molar-refractivity contribution in [3.8, 4) is 57.1 Å². The second-order valence-corrected chi connectivity index (χ2v) is 20.1. The zero-order chi connectivity index (χ0) is 56.7. The molecule has 0 spiro atoms. The second kappa shape index (κ2) is 39.9. The van der Waals surface area contributed by atoms with Crippen molar-refractivity contribution in [2.45, 2.75) is 183 Å². The Morgan fingerprint density at radius 3 is 1.08 bits per heavy atom. The van der Waals surface area contributed by atoms with Gasteiger partial charge in [-0.1, -0.05) is 169 Å². The zero-order valence-electron chi connectivity index (χ0n) is 49.0. The van der Waals surface area contributed by atoms with E-state index < -0.39 is 11.9 Å². The smallest absolute Gasteiger partial charge is 0.336 e. The van der Waals surface area contributed by atoms with E-state index in [1.807, 2.05) is 56.3 Å². The average Bonchev–Trinajstić information content (AvgIpc) is 3.46. The summed E-state index contributed by atoms with van der Waals surface area (Å²) in [5.74, 6) is 2.44. The highest BCUT2D eigenvalue weighted by molar-refractivity contribution is 5.90. The molecular formula is C67H94O12. The van der Waals surface area contributed by atoms with E-state index in [0.717, 1.165) is 133 Å². The van der Waals surface area contributed by atoms with Crippen molar-refractivity contribution in [3.63, 3.8) is 0 Å². The number of hydrogen-bond acceptors (Lipinski definition) is 12. The lowest BCUT2D eigenvalue weighted by Gasteiger charge is -2.19. The summed E-state index contributed by atoms with van der Waals surface area (Å²) in [7, 11) is 0. The Kier molecular flexibility index (Phi) is 32.8. The molecule has 0 saturated heterocycles. The predicted octanol–water partition coefficient (Wildman–Crippen LogP) is 17.4. The molecule has 12 nitrogen and oxygen atoms in total. The van der Waals surface area contributed by atoms with Gasteiger partial charge in [-0.25, -0.2) is 9.59 Å². The Labute approximate surface area is 473 Å². The van der Waals surface area contributed by atoms with Crippen LogP contribution in [0.5, 0.6) is 46.0 Å². The Morgan fingerprint density at radius 1 is 0.380 bits per heavy atom. The number of rotatable bonds is 43. The fourth-order valence-electron chi connectivity index (χ4n) is 8.35. The number of carbonyl (C=O) groups is 3. The minimum atomic E-state index is -0.565. The van der Waals surface area contributed by atoms with Crippen LogP contribution in [-0.2, 0) is 19.1 Å². The molecule has 1 unspecified atom stereocenters. The first kappa shape index (κ1) is 65.1. The van der Waals surface area contributed by atoms with Gasteiger partial charge in [-0.15, -0.1) is 0 Å². The molecule has 0 radical (unpaired) electrons. The van der Waals surface area contributed by atoms with Crippen LogP contribution in [0.2, 0.25) is 0 Å². The fourth-order valence-corrected chi connectivity index (χ4v) is 8.35. The molecule has 0 bridgehead atoms. The Balaban J connectivity index is 1.45. The summed E-state index contributed by atoms with van der Waals surface area (Å²) >= 11 is 0. The highest BCUT2D eigenvalue weighted by Gasteiger charge is 2.20. The molecule has 0 N–H and O–H groups in total. The lowest BCUT2D eigenvalue weighted by molar-refractivity contribution is -0.148. The van der Waals surface area contributed by atoms with E-state index in [-0.39, 0.29) is 25.1 Å². The van der Waals surface area contributed by atoms with Gasteiger partial charge in [0.05, 0.1) is 39.0 Å². The molecule has 4 aromatic carbocycles. The molecule has 12 heteroatoms. The summed E-state index contributed by atoms with van der Waals surface area (Å²) in [6.07, 6.45) is 28.0. The maximum Gasteiger partial charge on any atom is 0.336 e. The van der Waals surface area contributed by atoms with Crippen LogP contribution in [0.4, 0.5) is 0 Å². The van der Waals surface area contributed by atoms with Gasteiger partial charge in [0.2, 0.25) is 11.5 Å². The molecule has 79 heavy (non-hydrogen) atoms. The van der Waals surface area contributed by atoms with E-state index in [9.17, 15) is 14.4 Å². The van der Waals surface area contributed by atoms with Crippen LogP contribution in [-0.4, -0.2) is 64.2 Å². The van der Waals surface area contributed by atoms with Crippen LogP contribution in [0.25, 0.3) is 23.3 Å². The summed E-state index contributed by atoms with van der Waals surface area (Å²) < 4.78 is 55.0. The van der Waals surface area contributed by atoms with Crippen molar-refractivity contribution in [1.29, 1.82) is 0 Å². The molecule has 4 aromatic rings. The molecule has 0 aromatic heterocycles. The van der Waals surface area contributed by atoms with Crippen molar-refractivity contribution < 1.29 is 57.0 Å². The number of hydrogen-bond donors (Lipinski definition) is 0. The molecule has 4 rings (SSSR count). The van der Waals surface area contributed by atoms with Gasteiger partial charge < -0.3 is 42.6 Å². The quantitative estimate of drug-likeness (QED) is 0.0181. The van der Waals surface area contributed by atoms with Crippen molar-refractivity contribution in [2.75, 3.05) is 46.2 Å². The molecule has 0 amide bonds. The summed E-state index contributed by atoms with van der Waals surface area (Å²) in [6.45, 7) is 17.5. The van der Waals surface area contributed by atoms with Gasteiger partial charge in [-0.2, -0.15) is 0 Å². The van der Waals surface area contributed by atoms with Crippen LogP contribution in [0.1, 0.15) is 194 Å². The highest BCUT2D eigenvalue weighted by atomic mass is 16.6. The van der Waals surface area contributed by atoms with Crippen molar-refractivity contribution in [1.82, 2.24) is 0 Å². The molecule has 0 heterocycles. The van der Waals surface area contributed by atoms with Gasteiger partial charge in [0.1, 0.15) is 24.7 Å². The van der Waals surface area contributed by atoms with Crippen molar-refractivity contribution >= 4 is 30.1 Å². The van der Waals surface area contributed by atoms with Crippen LogP contribution >= 0.6 is 0 Å². The molecule has 0 aliphatic rings. The van der Waals surface area contributed by atoms with Crippen molar-refractivity contribution in [2.24, 2.45) is 5.92 Å². The van der Waals surface area contributed by atoms with Gasteiger partial charge in [0.25, 0.3) is 0 Å². The number of esters is 3. The Bertz CT molecular complexity index is 2390. The zero-order valence-corrected chi connectivity index (χ0v) is 49.0. The lowest BCUT2D eigenvalue weighted by atomic mass is 10.1. The first-order valence-corrected chi connectivity index (χ1v) is 29.9. The molecule has 0 aliphatic heterocycles. The summed E-state index contributed by atoms with van der Waals surface area (Å²) in [4.78, 5) is 38.9. The highest BCUT2D eigenvalue weighted by Crippen LogP contribution is 2.43. The minimum absolute atomic E-state index is 0.101. The van der Waals surface area contributed by atoms with Crippen LogP contribution < -0.4 is 37.9 Å². The van der Waals surface area contributed by atoms with Crippen LogP contribution in [0.3, 0.4) is 0 Å². The van der Waals surface area contributed by atoms with E-state index in [1.165, 1.54) is 18.6 Å². The van der Waals surface area contributed by atoms with E-state index in [4.69, 9.17) is 42.6 Å². The normalized spacial score (nSPS) is 11.6. The lowest BCUT2D eigenvalue weighted by Crippen LogP contribution is -2.18. The number of ether oxygens (including phenoxy) is 9. The summed E-state index contributed by atoms with van der Waals surface area (Å²) in [6, 6.07) is 21.9. The van der Waals surface area contributed by atoms with E-state index in [1.54, 1.807) is 42.5 Å². The largest absolute Gasteiger partial charge is 0.490 e. The first-order chi connectivity index (χ1) is 38.6. The third kappa shape index (κ3) is 25.1. The predicted molar refractivity (Wildman–Crippen MR) is 318 cm³/mol. The fraction of sp³-hybridized carbons (Fsp3) is 0.537. The van der Waals surface area contributed by atoms with Gasteiger partial charge in [0.15, 0.2) is 23.0 Å². The third-order valence-electron chi connectivity index (χ3n) is 13.3. The van der Waals surface area contributed by atoms with Crippen LogP contribution in [0.15, 0.2) is 84.9 Å². The van der Waals surface area contributed by atoms with E-state index >= 15 is 0 Å². The topological polar surface area (TPSA) is 134 Å². The monoisotopic (exact) mass is 1090 g/mol.